The maximum atomic E-state index is 13.2. The minimum absolute atomic E-state index is 0.00150. The third kappa shape index (κ3) is 4.41. The number of benzene rings is 2. The van der Waals surface area contributed by atoms with E-state index >= 15 is 0 Å². The number of nitrogens with two attached hydrogens (primary N) is 1. The molecule has 25 heavy (non-hydrogen) atoms. The smallest absolute Gasteiger partial charge is 0.136 e. The first-order valence-electron chi connectivity index (χ1n) is 8.13. The minimum Gasteiger partial charge on any atom is -0.489 e. The molecule has 0 aliphatic carbocycles. The average Bonchev–Trinajstić information content (AvgIpc) is 2.61. The predicted octanol–water partition coefficient (Wildman–Crippen LogP) is 2.29. The number of anilines is 1. The molecular weight excluding hydrogens is 345 g/mol. The van der Waals surface area contributed by atoms with E-state index in [4.69, 9.17) is 27.2 Å². The number of halogens is 2. The van der Waals surface area contributed by atoms with E-state index in [9.17, 15) is 4.39 Å². The first-order valence-corrected chi connectivity index (χ1v) is 8.51. The van der Waals surface area contributed by atoms with Gasteiger partial charge in [0.05, 0.1) is 16.8 Å². The van der Waals surface area contributed by atoms with Gasteiger partial charge in [0.2, 0.25) is 0 Å². The molecule has 0 saturated carbocycles. The molecule has 2 atom stereocenters. The Morgan fingerprint density at radius 2 is 2.08 bits per heavy atom. The van der Waals surface area contributed by atoms with E-state index in [1.165, 1.54) is 12.1 Å². The van der Waals surface area contributed by atoms with Gasteiger partial charge in [-0.05, 0) is 29.8 Å². The van der Waals surface area contributed by atoms with Crippen molar-refractivity contribution in [2.75, 3.05) is 31.1 Å². The van der Waals surface area contributed by atoms with Crippen LogP contribution in [0.1, 0.15) is 11.6 Å². The lowest BCUT2D eigenvalue weighted by molar-refractivity contribution is 0.113. The van der Waals surface area contributed by atoms with E-state index in [0.29, 0.717) is 10.8 Å². The average molecular weight is 366 g/mol. The van der Waals surface area contributed by atoms with Crippen LogP contribution < -0.4 is 20.7 Å². The first-order chi connectivity index (χ1) is 12.0. The molecule has 1 fully saturated rings. The summed E-state index contributed by atoms with van der Waals surface area (Å²) in [4.78, 5) is 2.20. The molecule has 0 unspecified atom stereocenters. The van der Waals surface area contributed by atoms with Crippen molar-refractivity contribution >= 4 is 17.3 Å². The predicted molar refractivity (Wildman–Crippen MR) is 96.5 cm³/mol. The zero-order valence-electron chi connectivity index (χ0n) is 13.7. The first kappa shape index (κ1) is 17.9. The van der Waals surface area contributed by atoms with Crippen molar-refractivity contribution in [2.24, 2.45) is 5.73 Å². The highest BCUT2D eigenvalue weighted by atomic mass is 35.5. The van der Waals surface area contributed by atoms with Gasteiger partial charge in [-0.3, -0.25) is 0 Å². The lowest BCUT2D eigenvalue weighted by atomic mass is 10.0. The molecule has 0 aromatic heterocycles. The van der Waals surface area contributed by atoms with Crippen molar-refractivity contribution in [3.8, 4) is 5.75 Å². The number of nitrogens with zero attached hydrogens (tertiary/aromatic N) is 1. The second-order valence-electron chi connectivity index (χ2n) is 5.96. The van der Waals surface area contributed by atoms with Crippen LogP contribution in [0.2, 0.25) is 5.02 Å². The van der Waals surface area contributed by atoms with Gasteiger partial charge < -0.3 is 25.8 Å². The number of rotatable bonds is 5. The molecule has 0 radical (unpaired) electrons. The second-order valence-corrected chi connectivity index (χ2v) is 6.36. The monoisotopic (exact) mass is 365 g/mol. The van der Waals surface area contributed by atoms with Crippen molar-refractivity contribution in [1.82, 2.24) is 5.32 Å². The van der Waals surface area contributed by atoms with E-state index in [-0.39, 0.29) is 18.5 Å². The Morgan fingerprint density at radius 1 is 1.32 bits per heavy atom. The fraction of sp³-hybridized carbons (Fsp3) is 0.333. The molecule has 2 aromatic carbocycles. The number of nitrogens with one attached hydrogen (secondary N) is 1. The molecule has 4 N–H and O–H groups in total. The van der Waals surface area contributed by atoms with E-state index in [2.05, 4.69) is 10.2 Å². The number of hydrogen-bond donors (Lipinski definition) is 3. The molecule has 2 aromatic rings. The van der Waals surface area contributed by atoms with E-state index < -0.39 is 6.23 Å². The van der Waals surface area contributed by atoms with Gasteiger partial charge in [0.1, 0.15) is 24.4 Å². The van der Waals surface area contributed by atoms with Crippen molar-refractivity contribution in [3.05, 3.63) is 58.9 Å². The zero-order chi connectivity index (χ0) is 17.8. The van der Waals surface area contributed by atoms with Crippen molar-refractivity contribution in [1.29, 1.82) is 0 Å². The van der Waals surface area contributed by atoms with Crippen LogP contribution in [0.15, 0.2) is 42.5 Å². The summed E-state index contributed by atoms with van der Waals surface area (Å²) in [5.74, 6) is 0.299. The Morgan fingerprint density at radius 3 is 2.76 bits per heavy atom. The van der Waals surface area contributed by atoms with Crippen molar-refractivity contribution < 1.29 is 14.2 Å². The molecule has 0 spiro atoms. The Kier molecular flexibility index (Phi) is 5.75. The maximum absolute atomic E-state index is 13.2. The number of hydrogen-bond acceptors (Lipinski definition) is 5. The van der Waals surface area contributed by atoms with Gasteiger partial charge in [0.25, 0.3) is 0 Å². The van der Waals surface area contributed by atoms with E-state index in [1.807, 2.05) is 6.07 Å². The quantitative estimate of drug-likeness (QED) is 0.709. The van der Waals surface area contributed by atoms with Gasteiger partial charge in [-0.1, -0.05) is 23.7 Å². The van der Waals surface area contributed by atoms with Gasteiger partial charge in [-0.15, -0.1) is 0 Å². The third-order valence-corrected chi connectivity index (χ3v) is 4.45. The number of ether oxygens (including phenoxy) is 1. The summed E-state index contributed by atoms with van der Waals surface area (Å²) in [6.45, 7) is 2.37. The molecule has 1 aliphatic rings. The molecule has 0 amide bonds. The Labute approximate surface area is 151 Å². The molecule has 1 heterocycles. The zero-order valence-corrected chi connectivity index (χ0v) is 14.4. The van der Waals surface area contributed by atoms with Crippen LogP contribution in [0.3, 0.4) is 0 Å². The van der Waals surface area contributed by atoms with Crippen molar-refractivity contribution in [3.63, 3.8) is 0 Å². The largest absolute Gasteiger partial charge is 0.489 e. The van der Waals surface area contributed by atoms with Crippen LogP contribution in [0.25, 0.3) is 0 Å². The Hall–Kier alpha value is -1.86. The van der Waals surface area contributed by atoms with Gasteiger partial charge in [-0.25, -0.2) is 4.39 Å². The highest BCUT2D eigenvalue weighted by Gasteiger charge is 2.25. The van der Waals surface area contributed by atoms with Crippen LogP contribution >= 0.6 is 11.6 Å². The molecular formula is C18H21ClFN3O2. The summed E-state index contributed by atoms with van der Waals surface area (Å²) in [5.41, 5.74) is 7.19. The highest BCUT2D eigenvalue weighted by Crippen LogP contribution is 2.35. The fourth-order valence-corrected chi connectivity index (χ4v) is 3.25. The molecule has 0 bridgehead atoms. The molecule has 1 aliphatic heterocycles. The van der Waals surface area contributed by atoms with Crippen LogP contribution in [-0.4, -0.2) is 37.6 Å². The van der Waals surface area contributed by atoms with Gasteiger partial charge in [-0.2, -0.15) is 0 Å². The molecule has 5 nitrogen and oxygen atoms in total. The summed E-state index contributed by atoms with van der Waals surface area (Å²) >= 11 is 6.46. The summed E-state index contributed by atoms with van der Waals surface area (Å²) in [5, 5.41) is 13.0. The maximum Gasteiger partial charge on any atom is 0.136 e. The second kappa shape index (κ2) is 8.01. The summed E-state index contributed by atoms with van der Waals surface area (Å²) in [6.07, 6.45) is -1.03. The third-order valence-electron chi connectivity index (χ3n) is 4.15. The SMILES string of the molecule is N[C@@H](O)COc1ccc(N2CCNC[C@H]2c2ccc(F)cc2)c(Cl)c1. The summed E-state index contributed by atoms with van der Waals surface area (Å²) in [6, 6.07) is 12.0. The minimum atomic E-state index is -1.03. The molecule has 3 rings (SSSR count). The van der Waals surface area contributed by atoms with Crippen LogP contribution in [0.4, 0.5) is 10.1 Å². The van der Waals surface area contributed by atoms with Crippen molar-refractivity contribution in [2.45, 2.75) is 12.3 Å². The lowest BCUT2D eigenvalue weighted by Gasteiger charge is -2.38. The van der Waals surface area contributed by atoms with Gasteiger partial charge in [0.15, 0.2) is 0 Å². The Balaban J connectivity index is 1.83. The topological polar surface area (TPSA) is 70.8 Å². The van der Waals surface area contributed by atoms with E-state index in [0.717, 1.165) is 30.9 Å². The van der Waals surface area contributed by atoms with Crippen LogP contribution in [0, 0.1) is 5.82 Å². The van der Waals surface area contributed by atoms with Crippen LogP contribution in [0.5, 0.6) is 5.75 Å². The molecule has 7 heteroatoms. The highest BCUT2D eigenvalue weighted by molar-refractivity contribution is 6.33. The number of aliphatic hydroxyl groups excluding tert-OH is 1. The number of piperazine rings is 1. The lowest BCUT2D eigenvalue weighted by Crippen LogP contribution is -2.46. The normalized spacial score (nSPS) is 18.9. The summed E-state index contributed by atoms with van der Waals surface area (Å²) in [7, 11) is 0. The molecule has 134 valence electrons. The summed E-state index contributed by atoms with van der Waals surface area (Å²) < 4.78 is 18.6. The fourth-order valence-electron chi connectivity index (χ4n) is 2.97. The van der Waals surface area contributed by atoms with Crippen LogP contribution in [-0.2, 0) is 0 Å². The Bertz CT molecular complexity index is 712. The van der Waals surface area contributed by atoms with E-state index in [1.54, 1.807) is 24.3 Å². The number of aliphatic hydroxyl groups is 1. The van der Waals surface area contributed by atoms with Gasteiger partial charge >= 0.3 is 0 Å². The van der Waals surface area contributed by atoms with Gasteiger partial charge in [0, 0.05) is 25.7 Å². The molecule has 1 saturated heterocycles. The standard InChI is InChI=1S/C18H21ClFN3O2/c19-15-9-14(25-11-18(21)24)5-6-16(15)23-8-7-22-10-17(23)12-1-3-13(20)4-2-12/h1-6,9,17-18,22,24H,7-8,10-11,21H2/t17-,18-/m0/s1.